The number of ether oxygens (including phenoxy) is 1. The molecule has 2 heterocycles. The molecule has 0 aliphatic carbocycles. The van der Waals surface area contributed by atoms with E-state index in [1.165, 1.54) is 12.3 Å². The monoisotopic (exact) mass is 511 g/mol. The third-order valence-electron chi connectivity index (χ3n) is 5.21. The van der Waals surface area contributed by atoms with Gasteiger partial charge in [-0.15, -0.1) is 0 Å². The molecule has 1 aromatic heterocycles. The molecular formula is C22H18F5N5O4. The van der Waals surface area contributed by atoms with E-state index in [0.29, 0.717) is 4.90 Å². The minimum Gasteiger partial charge on any atom is -0.476 e. The number of rotatable bonds is 7. The number of nitriles is 1. The number of benzene rings is 1. The largest absolute Gasteiger partial charge is 0.476 e. The van der Waals surface area contributed by atoms with Crippen LogP contribution in [0.3, 0.4) is 0 Å². The minimum atomic E-state index is -4.59. The summed E-state index contributed by atoms with van der Waals surface area (Å²) in [5.74, 6) is -6.32. The number of carbonyl (C=O) groups is 3. The summed E-state index contributed by atoms with van der Waals surface area (Å²) in [6.07, 6.45) is -4.80. The summed E-state index contributed by atoms with van der Waals surface area (Å²) in [6.45, 7) is -1.69. The molecule has 0 spiro atoms. The molecule has 2 aromatic rings. The molecule has 1 aliphatic rings. The van der Waals surface area contributed by atoms with Gasteiger partial charge in [0.15, 0.2) is 0 Å². The van der Waals surface area contributed by atoms with Crippen LogP contribution in [0.25, 0.3) is 0 Å². The van der Waals surface area contributed by atoms with Gasteiger partial charge in [-0.05, 0) is 30.3 Å². The maximum absolute atomic E-state index is 13.6. The number of hydrogen-bond donors (Lipinski definition) is 2. The third-order valence-corrected chi connectivity index (χ3v) is 5.21. The number of primary amides is 1. The van der Waals surface area contributed by atoms with E-state index in [2.05, 4.69) is 10.3 Å². The van der Waals surface area contributed by atoms with Crippen LogP contribution in [0.2, 0.25) is 0 Å². The number of pyridine rings is 1. The molecule has 3 amide bonds. The average molecular weight is 511 g/mol. The first kappa shape index (κ1) is 26.3. The summed E-state index contributed by atoms with van der Waals surface area (Å²) in [5, 5.41) is 11.2. The van der Waals surface area contributed by atoms with Crippen LogP contribution in [0, 0.1) is 11.3 Å². The number of halogens is 5. The number of hydrogen-bond acceptors (Lipinski definition) is 6. The second kappa shape index (κ2) is 10.1. The van der Waals surface area contributed by atoms with E-state index < -0.39 is 67.0 Å². The van der Waals surface area contributed by atoms with E-state index in [9.17, 15) is 36.3 Å². The number of nitrogens with zero attached hydrogens (tertiary/aromatic N) is 3. The Hall–Kier alpha value is -4.28. The molecule has 3 N–H and O–H groups in total. The highest BCUT2D eigenvalue weighted by atomic mass is 19.4. The Morgan fingerprint density at radius 1 is 1.25 bits per heavy atom. The van der Waals surface area contributed by atoms with Crippen molar-refractivity contribution in [1.82, 2.24) is 15.2 Å². The van der Waals surface area contributed by atoms with Crippen molar-refractivity contribution in [2.75, 3.05) is 13.1 Å². The Kier molecular flexibility index (Phi) is 7.42. The predicted octanol–water partition coefficient (Wildman–Crippen LogP) is 2.20. The molecule has 1 aromatic carbocycles. The van der Waals surface area contributed by atoms with Gasteiger partial charge in [-0.3, -0.25) is 19.4 Å². The van der Waals surface area contributed by atoms with E-state index >= 15 is 0 Å². The van der Waals surface area contributed by atoms with Crippen LogP contribution < -0.4 is 15.8 Å². The fourth-order valence-corrected chi connectivity index (χ4v) is 3.50. The molecule has 9 nitrogen and oxygen atoms in total. The fraction of sp³-hybridized carbons (Fsp3) is 0.318. The summed E-state index contributed by atoms with van der Waals surface area (Å²) in [4.78, 5) is 41.6. The van der Waals surface area contributed by atoms with Gasteiger partial charge in [0, 0.05) is 29.9 Å². The van der Waals surface area contributed by atoms with Crippen LogP contribution >= 0.6 is 0 Å². The molecule has 2 unspecified atom stereocenters. The van der Waals surface area contributed by atoms with Crippen molar-refractivity contribution >= 4 is 17.7 Å². The van der Waals surface area contributed by atoms with Gasteiger partial charge >= 0.3 is 6.18 Å². The Bertz CT molecular complexity index is 1200. The SMILES string of the molecule is N#CC1CC(F)(F)CN1C(=O)CNC(=O)c1ccncc1C(Oc1ccc(C(F)(F)F)cc1)C(N)=O. The van der Waals surface area contributed by atoms with Crippen molar-refractivity contribution < 1.29 is 41.1 Å². The standard InChI is InChI=1S/C22H18F5N5O4/c23-21(24)7-13(8-28)32(11-21)17(33)10-31-20(35)15-5-6-30-9-16(15)18(19(29)34)36-14-3-1-12(2-4-14)22(25,26)27/h1-6,9,13,18H,7,10-11H2,(H2,29,34)(H,31,35). The van der Waals surface area contributed by atoms with Crippen molar-refractivity contribution in [3.63, 3.8) is 0 Å². The number of nitrogens with two attached hydrogens (primary N) is 1. The second-order valence-corrected chi connectivity index (χ2v) is 7.79. The Morgan fingerprint density at radius 3 is 2.50 bits per heavy atom. The fourth-order valence-electron chi connectivity index (χ4n) is 3.50. The first-order valence-electron chi connectivity index (χ1n) is 10.2. The summed E-state index contributed by atoms with van der Waals surface area (Å²) in [6, 6.07) is 4.82. The Morgan fingerprint density at radius 2 is 1.92 bits per heavy atom. The lowest BCUT2D eigenvalue weighted by Crippen LogP contribution is -2.43. The van der Waals surface area contributed by atoms with Crippen molar-refractivity contribution in [2.24, 2.45) is 5.73 Å². The van der Waals surface area contributed by atoms with Crippen LogP contribution in [-0.2, 0) is 15.8 Å². The van der Waals surface area contributed by atoms with E-state index in [4.69, 9.17) is 15.7 Å². The molecule has 2 atom stereocenters. The zero-order valence-electron chi connectivity index (χ0n) is 18.3. The van der Waals surface area contributed by atoms with Crippen molar-refractivity contribution in [3.05, 3.63) is 59.4 Å². The predicted molar refractivity (Wildman–Crippen MR) is 111 cm³/mol. The van der Waals surface area contributed by atoms with Crippen LogP contribution in [0.1, 0.15) is 34.0 Å². The third kappa shape index (κ3) is 6.04. The molecule has 0 bridgehead atoms. The zero-order valence-corrected chi connectivity index (χ0v) is 18.3. The lowest BCUT2D eigenvalue weighted by atomic mass is 10.0. The van der Waals surface area contributed by atoms with E-state index in [1.54, 1.807) is 6.07 Å². The van der Waals surface area contributed by atoms with Gasteiger partial charge in [-0.1, -0.05) is 0 Å². The van der Waals surface area contributed by atoms with Gasteiger partial charge in [0.2, 0.25) is 12.0 Å². The van der Waals surface area contributed by atoms with Crippen LogP contribution in [-0.4, -0.2) is 52.7 Å². The quantitative estimate of drug-likeness (QED) is 0.547. The van der Waals surface area contributed by atoms with Gasteiger partial charge < -0.3 is 20.7 Å². The van der Waals surface area contributed by atoms with Crippen molar-refractivity contribution in [2.45, 2.75) is 30.7 Å². The Labute approximate surface area is 200 Å². The van der Waals surface area contributed by atoms with E-state index in [-0.39, 0.29) is 16.9 Å². The zero-order chi connectivity index (χ0) is 26.7. The minimum absolute atomic E-state index is 0.155. The molecule has 14 heteroatoms. The number of likely N-dealkylation sites (tertiary alicyclic amines) is 1. The van der Waals surface area contributed by atoms with Crippen molar-refractivity contribution in [3.8, 4) is 11.8 Å². The average Bonchev–Trinajstić information content (AvgIpc) is 3.15. The highest BCUT2D eigenvalue weighted by Crippen LogP contribution is 2.33. The van der Waals surface area contributed by atoms with Gasteiger partial charge in [-0.2, -0.15) is 18.4 Å². The lowest BCUT2D eigenvalue weighted by molar-refractivity contribution is -0.137. The number of nitrogens with one attached hydrogen (secondary N) is 1. The molecule has 1 fully saturated rings. The van der Waals surface area contributed by atoms with Gasteiger partial charge in [0.05, 0.1) is 24.7 Å². The molecular weight excluding hydrogens is 493 g/mol. The smallest absolute Gasteiger partial charge is 0.416 e. The molecule has 190 valence electrons. The molecule has 1 aliphatic heterocycles. The van der Waals surface area contributed by atoms with Crippen LogP contribution in [0.5, 0.6) is 5.75 Å². The molecule has 0 radical (unpaired) electrons. The van der Waals surface area contributed by atoms with Gasteiger partial charge in [0.1, 0.15) is 11.8 Å². The topological polar surface area (TPSA) is 138 Å². The number of alkyl halides is 5. The number of aromatic nitrogens is 1. The normalized spacial score (nSPS) is 17.7. The molecule has 0 saturated carbocycles. The first-order valence-corrected chi connectivity index (χ1v) is 10.2. The van der Waals surface area contributed by atoms with Crippen molar-refractivity contribution in [1.29, 1.82) is 5.26 Å². The van der Waals surface area contributed by atoms with Gasteiger partial charge in [-0.25, -0.2) is 8.78 Å². The van der Waals surface area contributed by atoms with E-state index in [0.717, 1.165) is 30.5 Å². The molecule has 36 heavy (non-hydrogen) atoms. The Balaban J connectivity index is 1.76. The van der Waals surface area contributed by atoms with E-state index in [1.807, 2.05) is 0 Å². The summed E-state index contributed by atoms with van der Waals surface area (Å²) in [5.41, 5.74) is 4.06. The lowest BCUT2D eigenvalue weighted by Gasteiger charge is -2.21. The van der Waals surface area contributed by atoms with Crippen LogP contribution in [0.4, 0.5) is 22.0 Å². The number of amides is 3. The maximum Gasteiger partial charge on any atom is 0.416 e. The molecule has 3 rings (SSSR count). The highest BCUT2D eigenvalue weighted by molar-refractivity contribution is 5.99. The summed E-state index contributed by atoms with van der Waals surface area (Å²) in [7, 11) is 0. The molecule has 1 saturated heterocycles. The maximum atomic E-state index is 13.6. The van der Waals surface area contributed by atoms with Crippen LogP contribution in [0.15, 0.2) is 42.7 Å². The second-order valence-electron chi connectivity index (χ2n) is 7.79. The van der Waals surface area contributed by atoms with Gasteiger partial charge in [0.25, 0.3) is 17.7 Å². The first-order chi connectivity index (χ1) is 16.8. The summed E-state index contributed by atoms with van der Waals surface area (Å²) >= 11 is 0. The summed E-state index contributed by atoms with van der Waals surface area (Å²) < 4.78 is 70.9. The number of carbonyl (C=O) groups excluding carboxylic acids is 3. The highest BCUT2D eigenvalue weighted by Gasteiger charge is 2.47.